The zero-order valence-corrected chi connectivity index (χ0v) is 12.6. The number of thiocarbonyl (C=S) groups is 1. The number of aromatic nitrogens is 2. The van der Waals surface area contributed by atoms with Gasteiger partial charge in [-0.3, -0.25) is 14.3 Å². The molecule has 0 fully saturated rings. The van der Waals surface area contributed by atoms with E-state index in [0.717, 1.165) is 5.69 Å². The molecule has 21 heavy (non-hydrogen) atoms. The van der Waals surface area contributed by atoms with Crippen LogP contribution in [-0.2, 0) is 7.05 Å². The molecule has 0 aliphatic carbocycles. The smallest absolute Gasteiger partial charge is 0.329 e. The van der Waals surface area contributed by atoms with Gasteiger partial charge in [-0.15, -0.1) is 0 Å². The number of fused-ring (bicyclic) bond motifs is 1. The average molecular weight is 323 g/mol. The molecule has 0 saturated heterocycles. The topological polar surface area (TPSA) is 70.1 Å². The Morgan fingerprint density at radius 1 is 1.24 bits per heavy atom. The number of nitrogens with one attached hydrogen (secondary N) is 2. The Morgan fingerprint density at radius 3 is 2.57 bits per heavy atom. The fourth-order valence-electron chi connectivity index (χ4n) is 2.24. The second-order valence-electron chi connectivity index (χ2n) is 4.63. The van der Waals surface area contributed by atoms with Crippen molar-refractivity contribution in [1.82, 2.24) is 9.55 Å². The van der Waals surface area contributed by atoms with E-state index in [0.29, 0.717) is 28.1 Å². The molecular formula is C13H11ClN4O2S. The zero-order chi connectivity index (χ0) is 15.1. The van der Waals surface area contributed by atoms with Crippen molar-refractivity contribution in [2.45, 2.75) is 0 Å². The van der Waals surface area contributed by atoms with Gasteiger partial charge < -0.3 is 10.2 Å². The van der Waals surface area contributed by atoms with Gasteiger partial charge in [-0.2, -0.15) is 0 Å². The number of benzene rings is 1. The molecular weight excluding hydrogens is 312 g/mol. The molecule has 6 nitrogen and oxygen atoms in total. The van der Waals surface area contributed by atoms with Gasteiger partial charge in [-0.05, 0) is 24.3 Å². The van der Waals surface area contributed by atoms with E-state index in [9.17, 15) is 9.59 Å². The molecule has 0 radical (unpaired) electrons. The third-order valence-corrected chi connectivity index (χ3v) is 3.75. The highest BCUT2D eigenvalue weighted by atomic mass is 35.5. The fourth-order valence-corrected chi connectivity index (χ4v) is 2.59. The van der Waals surface area contributed by atoms with Gasteiger partial charge in [0.1, 0.15) is 16.5 Å². The highest BCUT2D eigenvalue weighted by Gasteiger charge is 2.26. The predicted molar refractivity (Wildman–Crippen MR) is 87.0 cm³/mol. The van der Waals surface area contributed by atoms with Crippen molar-refractivity contribution in [2.75, 3.05) is 16.8 Å². The van der Waals surface area contributed by atoms with E-state index in [4.69, 9.17) is 23.8 Å². The van der Waals surface area contributed by atoms with E-state index < -0.39 is 11.2 Å². The molecule has 0 unspecified atom stereocenters. The maximum absolute atomic E-state index is 12.2. The summed E-state index contributed by atoms with van der Waals surface area (Å²) in [5.74, 6) is 0.384. The first-order valence-corrected chi connectivity index (χ1v) is 6.92. The number of halogens is 1. The van der Waals surface area contributed by atoms with E-state index in [1.54, 1.807) is 36.2 Å². The number of aromatic amines is 1. The van der Waals surface area contributed by atoms with Gasteiger partial charge in [0.2, 0.25) is 0 Å². The summed E-state index contributed by atoms with van der Waals surface area (Å²) < 4.78 is 1.32. The maximum atomic E-state index is 12.2. The summed E-state index contributed by atoms with van der Waals surface area (Å²) in [5.41, 5.74) is 0.173. The molecule has 0 amide bonds. The lowest BCUT2D eigenvalue weighted by molar-refractivity contribution is 0.801. The number of nitrogens with zero attached hydrogens (tertiary/aromatic N) is 2. The first kappa shape index (κ1) is 13.8. The largest absolute Gasteiger partial charge is 0.333 e. The minimum Gasteiger partial charge on any atom is -0.333 e. The van der Waals surface area contributed by atoms with Gasteiger partial charge in [-0.1, -0.05) is 23.8 Å². The van der Waals surface area contributed by atoms with E-state index >= 15 is 0 Å². The first-order valence-electron chi connectivity index (χ1n) is 6.13. The van der Waals surface area contributed by atoms with Crippen LogP contribution in [0.5, 0.6) is 0 Å². The lowest BCUT2D eigenvalue weighted by atomic mass is 10.2. The summed E-state index contributed by atoms with van der Waals surface area (Å²) in [5, 5.41) is 3.53. The second-order valence-corrected chi connectivity index (χ2v) is 5.56. The minimum absolute atomic E-state index is 0.352. The number of anilines is 3. The van der Waals surface area contributed by atoms with Crippen LogP contribution in [0.15, 0.2) is 33.9 Å². The molecule has 0 saturated carbocycles. The van der Waals surface area contributed by atoms with E-state index in [2.05, 4.69) is 10.3 Å². The van der Waals surface area contributed by atoms with Crippen LogP contribution in [-0.4, -0.2) is 21.1 Å². The van der Waals surface area contributed by atoms with Gasteiger partial charge in [0.25, 0.3) is 5.56 Å². The van der Waals surface area contributed by atoms with Crippen LogP contribution in [0.2, 0.25) is 5.02 Å². The monoisotopic (exact) mass is 322 g/mol. The van der Waals surface area contributed by atoms with Crippen molar-refractivity contribution in [2.24, 2.45) is 7.05 Å². The fraction of sp³-hybridized carbons (Fsp3) is 0.154. The zero-order valence-electron chi connectivity index (χ0n) is 11.0. The van der Waals surface area contributed by atoms with Crippen LogP contribution >= 0.6 is 23.8 Å². The molecule has 1 aliphatic heterocycles. The third kappa shape index (κ3) is 2.34. The van der Waals surface area contributed by atoms with Crippen LogP contribution in [0, 0.1) is 0 Å². The summed E-state index contributed by atoms with van der Waals surface area (Å²) in [7, 11) is 1.57. The Hall–Kier alpha value is -2.12. The normalized spacial score (nSPS) is 13.8. The first-order chi connectivity index (χ1) is 9.97. The molecule has 0 spiro atoms. The lowest BCUT2D eigenvalue weighted by Gasteiger charge is -2.32. The molecule has 108 valence electrons. The Morgan fingerprint density at radius 2 is 1.90 bits per heavy atom. The molecule has 2 N–H and O–H groups in total. The molecule has 1 aromatic carbocycles. The van der Waals surface area contributed by atoms with Gasteiger partial charge in [0.15, 0.2) is 0 Å². The van der Waals surface area contributed by atoms with Gasteiger partial charge in [-0.25, -0.2) is 4.79 Å². The van der Waals surface area contributed by atoms with Crippen molar-refractivity contribution < 1.29 is 0 Å². The van der Waals surface area contributed by atoms with Crippen LogP contribution in [0.25, 0.3) is 0 Å². The number of hydrogen-bond acceptors (Lipinski definition) is 4. The van der Waals surface area contributed by atoms with Crippen molar-refractivity contribution in [3.8, 4) is 0 Å². The molecule has 1 aromatic heterocycles. The van der Waals surface area contributed by atoms with E-state index in [-0.39, 0.29) is 0 Å². The Bertz CT molecular complexity index is 841. The summed E-state index contributed by atoms with van der Waals surface area (Å²) in [6, 6.07) is 7.06. The van der Waals surface area contributed by atoms with Crippen LogP contribution in [0.4, 0.5) is 17.2 Å². The van der Waals surface area contributed by atoms with Gasteiger partial charge in [0.05, 0.1) is 6.54 Å². The Balaban J connectivity index is 2.25. The van der Waals surface area contributed by atoms with Gasteiger partial charge >= 0.3 is 5.69 Å². The molecule has 1 aliphatic rings. The standard InChI is InChI=1S/C13H11ClN4O2S/c1-17-11-10(12(19)16-13(17)20)18(6-9(21)15-11)8-4-2-7(14)3-5-8/h2-5H,6H2,1H3,(H,15,21)(H,16,19,20). The highest BCUT2D eigenvalue weighted by molar-refractivity contribution is 7.80. The molecule has 3 rings (SSSR count). The number of rotatable bonds is 1. The van der Waals surface area contributed by atoms with Gasteiger partial charge in [0, 0.05) is 17.8 Å². The number of hydrogen-bond donors (Lipinski definition) is 2. The summed E-state index contributed by atoms with van der Waals surface area (Å²) in [6.45, 7) is 0.352. The SMILES string of the molecule is Cn1c2c(c(=O)[nH]c1=O)N(c1ccc(Cl)cc1)CC(=S)N2. The van der Waals surface area contributed by atoms with Crippen LogP contribution < -0.4 is 21.5 Å². The molecule has 0 bridgehead atoms. The van der Waals surface area contributed by atoms with E-state index in [1.807, 2.05) is 0 Å². The summed E-state index contributed by atoms with van der Waals surface area (Å²) in [4.78, 5) is 28.4. The van der Waals surface area contributed by atoms with Crippen molar-refractivity contribution in [3.63, 3.8) is 0 Å². The highest BCUT2D eigenvalue weighted by Crippen LogP contribution is 2.31. The summed E-state index contributed by atoms with van der Waals surface area (Å²) in [6.07, 6.45) is 0. The molecule has 8 heteroatoms. The lowest BCUT2D eigenvalue weighted by Crippen LogP contribution is -2.43. The molecule has 2 heterocycles. The Kier molecular flexibility index (Phi) is 3.30. The van der Waals surface area contributed by atoms with Crippen LogP contribution in [0.1, 0.15) is 0 Å². The minimum atomic E-state index is -0.494. The van der Waals surface area contributed by atoms with E-state index in [1.165, 1.54) is 4.57 Å². The van der Waals surface area contributed by atoms with Crippen LogP contribution in [0.3, 0.4) is 0 Å². The third-order valence-electron chi connectivity index (χ3n) is 3.27. The maximum Gasteiger partial charge on any atom is 0.329 e. The quantitative estimate of drug-likeness (QED) is 0.781. The average Bonchev–Trinajstić information content (AvgIpc) is 2.44. The summed E-state index contributed by atoms with van der Waals surface area (Å²) >= 11 is 11.1. The Labute approximate surface area is 130 Å². The second kappa shape index (κ2) is 5.01. The number of H-pyrrole nitrogens is 1. The van der Waals surface area contributed by atoms with Crippen molar-refractivity contribution >= 4 is 46.0 Å². The van der Waals surface area contributed by atoms with Crippen molar-refractivity contribution in [1.29, 1.82) is 0 Å². The van der Waals surface area contributed by atoms with Crippen molar-refractivity contribution in [3.05, 3.63) is 50.1 Å². The molecule has 0 atom stereocenters. The predicted octanol–water partition coefficient (Wildman–Crippen LogP) is 1.62. The molecule has 2 aromatic rings.